The van der Waals surface area contributed by atoms with Gasteiger partial charge in [0.1, 0.15) is 6.54 Å². The van der Waals surface area contributed by atoms with E-state index in [2.05, 4.69) is 4.72 Å². The molecule has 8 nitrogen and oxygen atoms in total. The highest BCUT2D eigenvalue weighted by atomic mass is 32.2. The van der Waals surface area contributed by atoms with Crippen LogP contribution >= 0.6 is 0 Å². The highest BCUT2D eigenvalue weighted by molar-refractivity contribution is 7.89. The van der Waals surface area contributed by atoms with Gasteiger partial charge < -0.3 is 9.64 Å². The van der Waals surface area contributed by atoms with Gasteiger partial charge in [-0.25, -0.2) is 8.42 Å². The molecule has 0 heterocycles. The van der Waals surface area contributed by atoms with Crippen LogP contribution in [-0.2, 0) is 24.3 Å². The molecule has 0 unspecified atom stereocenters. The first kappa shape index (κ1) is 21.1. The minimum absolute atomic E-state index is 0.0942. The van der Waals surface area contributed by atoms with Crippen LogP contribution in [0.5, 0.6) is 0 Å². The van der Waals surface area contributed by atoms with E-state index in [0.29, 0.717) is 11.1 Å². The first-order valence-electron chi connectivity index (χ1n) is 8.20. The van der Waals surface area contributed by atoms with Gasteiger partial charge in [0.15, 0.2) is 0 Å². The normalized spacial score (nSPS) is 11.9. The SMILES string of the molecule is CN(C)C(=O)[C@H](OC(=O)CNS(=O)(=O)c1ccc(C#N)cc1)c1ccccc1. The summed E-state index contributed by atoms with van der Waals surface area (Å²) in [4.78, 5) is 25.7. The average molecular weight is 401 g/mol. The number of sulfonamides is 1. The topological polar surface area (TPSA) is 117 Å². The molecule has 0 spiro atoms. The van der Waals surface area contributed by atoms with E-state index in [9.17, 15) is 18.0 Å². The number of hydrogen-bond donors (Lipinski definition) is 1. The van der Waals surface area contributed by atoms with E-state index >= 15 is 0 Å². The van der Waals surface area contributed by atoms with Gasteiger partial charge in [0.2, 0.25) is 16.1 Å². The van der Waals surface area contributed by atoms with E-state index in [-0.39, 0.29) is 4.90 Å². The third kappa shape index (κ3) is 5.39. The molecule has 2 aromatic carbocycles. The molecule has 2 rings (SSSR count). The lowest BCUT2D eigenvalue weighted by atomic mass is 10.1. The summed E-state index contributed by atoms with van der Waals surface area (Å²) >= 11 is 0. The fourth-order valence-electron chi connectivity index (χ4n) is 2.24. The zero-order valence-corrected chi connectivity index (χ0v) is 16.1. The van der Waals surface area contributed by atoms with Crippen molar-refractivity contribution in [2.45, 2.75) is 11.0 Å². The van der Waals surface area contributed by atoms with E-state index in [0.717, 1.165) is 0 Å². The van der Waals surface area contributed by atoms with E-state index < -0.39 is 34.5 Å². The number of nitrogens with zero attached hydrogens (tertiary/aromatic N) is 2. The Balaban J connectivity index is 2.08. The summed E-state index contributed by atoms with van der Waals surface area (Å²) in [5, 5.41) is 8.76. The molecule has 0 bridgehead atoms. The number of benzene rings is 2. The third-order valence-electron chi connectivity index (χ3n) is 3.72. The number of nitriles is 1. The number of esters is 1. The summed E-state index contributed by atoms with van der Waals surface area (Å²) < 4.78 is 31.9. The molecule has 146 valence electrons. The number of nitrogens with one attached hydrogen (secondary N) is 1. The molecule has 0 aromatic heterocycles. The maximum Gasteiger partial charge on any atom is 0.322 e. The minimum atomic E-state index is -3.97. The van der Waals surface area contributed by atoms with Crippen LogP contribution in [0.3, 0.4) is 0 Å². The number of ether oxygens (including phenoxy) is 1. The summed E-state index contributed by atoms with van der Waals surface area (Å²) in [6.45, 7) is -0.646. The second-order valence-corrected chi connectivity index (χ2v) is 7.74. The fourth-order valence-corrected chi connectivity index (χ4v) is 3.21. The lowest BCUT2D eigenvalue weighted by Gasteiger charge is -2.21. The van der Waals surface area contributed by atoms with Crippen molar-refractivity contribution < 1.29 is 22.7 Å². The Morgan fingerprint density at radius 2 is 1.71 bits per heavy atom. The Labute approximate surface area is 163 Å². The van der Waals surface area contributed by atoms with Crippen molar-refractivity contribution in [1.29, 1.82) is 5.26 Å². The van der Waals surface area contributed by atoms with Crippen LogP contribution in [0.25, 0.3) is 0 Å². The highest BCUT2D eigenvalue weighted by Crippen LogP contribution is 2.19. The summed E-state index contributed by atoms with van der Waals surface area (Å²) in [5.41, 5.74) is 0.788. The van der Waals surface area contributed by atoms with Gasteiger partial charge in [0, 0.05) is 19.7 Å². The Kier molecular flexibility index (Phi) is 6.87. The second kappa shape index (κ2) is 9.12. The zero-order chi connectivity index (χ0) is 20.7. The van der Waals surface area contributed by atoms with E-state index in [1.54, 1.807) is 30.3 Å². The van der Waals surface area contributed by atoms with E-state index in [4.69, 9.17) is 10.00 Å². The predicted molar refractivity (Wildman–Crippen MR) is 100 cm³/mol. The van der Waals surface area contributed by atoms with Crippen LogP contribution in [0.15, 0.2) is 59.5 Å². The van der Waals surface area contributed by atoms with Crippen molar-refractivity contribution in [2.24, 2.45) is 0 Å². The summed E-state index contributed by atoms with van der Waals surface area (Å²) in [6.07, 6.45) is -1.18. The lowest BCUT2D eigenvalue weighted by molar-refractivity contribution is -0.158. The molecule has 0 radical (unpaired) electrons. The molecule has 0 fully saturated rings. The average Bonchev–Trinajstić information content (AvgIpc) is 2.70. The Hall–Kier alpha value is -3.22. The molecule has 0 aliphatic heterocycles. The molecule has 0 saturated carbocycles. The number of rotatable bonds is 7. The number of carbonyl (C=O) groups excluding carboxylic acids is 2. The van der Waals surface area contributed by atoms with Crippen LogP contribution < -0.4 is 4.72 Å². The van der Waals surface area contributed by atoms with Gasteiger partial charge in [0.05, 0.1) is 16.5 Å². The van der Waals surface area contributed by atoms with Crippen molar-refractivity contribution >= 4 is 21.9 Å². The highest BCUT2D eigenvalue weighted by Gasteiger charge is 2.27. The number of likely N-dealkylation sites (N-methyl/N-ethyl adjacent to an activating group) is 1. The van der Waals surface area contributed by atoms with Crippen LogP contribution in [0.2, 0.25) is 0 Å². The van der Waals surface area contributed by atoms with Gasteiger partial charge in [-0.05, 0) is 24.3 Å². The van der Waals surface area contributed by atoms with Gasteiger partial charge in [-0.2, -0.15) is 9.98 Å². The smallest absolute Gasteiger partial charge is 0.322 e. The largest absolute Gasteiger partial charge is 0.446 e. The molecular formula is C19H19N3O5S. The Morgan fingerprint density at radius 3 is 2.25 bits per heavy atom. The van der Waals surface area contributed by atoms with E-state index in [1.165, 1.54) is 43.3 Å². The molecule has 0 aliphatic rings. The minimum Gasteiger partial charge on any atom is -0.446 e. The summed E-state index contributed by atoms with van der Waals surface area (Å²) in [6, 6.07) is 15.6. The molecule has 2 aromatic rings. The first-order valence-corrected chi connectivity index (χ1v) is 9.68. The van der Waals surface area contributed by atoms with Crippen molar-refractivity contribution in [1.82, 2.24) is 9.62 Å². The quantitative estimate of drug-likeness (QED) is 0.697. The Morgan fingerprint density at radius 1 is 1.11 bits per heavy atom. The molecule has 1 amide bonds. The van der Waals surface area contributed by atoms with Gasteiger partial charge in [-0.3, -0.25) is 9.59 Å². The number of carbonyl (C=O) groups is 2. The third-order valence-corrected chi connectivity index (χ3v) is 5.13. The molecular weight excluding hydrogens is 382 g/mol. The van der Waals surface area contributed by atoms with Crippen molar-refractivity contribution in [3.05, 3.63) is 65.7 Å². The van der Waals surface area contributed by atoms with Gasteiger partial charge in [-0.1, -0.05) is 30.3 Å². The number of amides is 1. The molecule has 1 atom stereocenters. The maximum atomic E-state index is 12.3. The van der Waals surface area contributed by atoms with Crippen LogP contribution in [0.4, 0.5) is 0 Å². The summed E-state index contributed by atoms with van der Waals surface area (Å²) in [7, 11) is -0.918. The summed E-state index contributed by atoms with van der Waals surface area (Å²) in [5.74, 6) is -1.35. The monoisotopic (exact) mass is 401 g/mol. The van der Waals surface area contributed by atoms with Crippen LogP contribution in [-0.4, -0.2) is 45.8 Å². The number of hydrogen-bond acceptors (Lipinski definition) is 6. The fraction of sp³-hybridized carbons (Fsp3) is 0.211. The maximum absolute atomic E-state index is 12.3. The lowest BCUT2D eigenvalue weighted by Crippen LogP contribution is -2.35. The predicted octanol–water partition coefficient (Wildman–Crippen LogP) is 1.21. The molecule has 0 aliphatic carbocycles. The van der Waals surface area contributed by atoms with Crippen molar-refractivity contribution in [3.63, 3.8) is 0 Å². The molecule has 28 heavy (non-hydrogen) atoms. The van der Waals surface area contributed by atoms with Crippen molar-refractivity contribution in [2.75, 3.05) is 20.6 Å². The van der Waals surface area contributed by atoms with Crippen LogP contribution in [0.1, 0.15) is 17.2 Å². The van der Waals surface area contributed by atoms with Gasteiger partial charge in [-0.15, -0.1) is 0 Å². The standard InChI is InChI=1S/C19H19N3O5S/c1-22(2)19(24)18(15-6-4-3-5-7-15)27-17(23)13-21-28(25,26)16-10-8-14(12-20)9-11-16/h3-11,18,21H,13H2,1-2H3/t18-/m1/s1. The molecule has 0 saturated heterocycles. The van der Waals surface area contributed by atoms with E-state index in [1.807, 2.05) is 6.07 Å². The van der Waals surface area contributed by atoms with Gasteiger partial charge >= 0.3 is 5.97 Å². The van der Waals surface area contributed by atoms with Gasteiger partial charge in [0.25, 0.3) is 5.91 Å². The van der Waals surface area contributed by atoms with Crippen molar-refractivity contribution in [3.8, 4) is 6.07 Å². The molecule has 1 N–H and O–H groups in total. The molecule has 9 heteroatoms. The Bertz CT molecular complexity index is 980. The zero-order valence-electron chi connectivity index (χ0n) is 15.3. The second-order valence-electron chi connectivity index (χ2n) is 5.97. The van der Waals surface area contributed by atoms with Crippen LogP contribution in [0, 0.1) is 11.3 Å². The first-order chi connectivity index (χ1) is 13.2.